The summed E-state index contributed by atoms with van der Waals surface area (Å²) < 4.78 is 9.48. The molecule has 0 spiro atoms. The van der Waals surface area contributed by atoms with E-state index < -0.39 is 11.7 Å². The molecule has 2 aromatic rings. The van der Waals surface area contributed by atoms with E-state index in [4.69, 9.17) is 4.74 Å². The van der Waals surface area contributed by atoms with Gasteiger partial charge in [-0.3, -0.25) is 5.32 Å². The van der Waals surface area contributed by atoms with Crippen molar-refractivity contribution in [3.05, 3.63) is 40.4 Å². The number of nitrogens with zero attached hydrogens (tertiary/aromatic N) is 2. The summed E-state index contributed by atoms with van der Waals surface area (Å²) in [4.78, 5) is 13.2. The van der Waals surface area contributed by atoms with Crippen molar-refractivity contribution in [3.8, 4) is 0 Å². The van der Waals surface area contributed by atoms with Crippen LogP contribution in [-0.4, -0.2) is 21.3 Å². The average molecular weight is 359 g/mol. The molecule has 0 bridgehead atoms. The van der Waals surface area contributed by atoms with Crippen molar-refractivity contribution >= 4 is 23.3 Å². The van der Waals surface area contributed by atoms with Crippen molar-refractivity contribution in [2.75, 3.05) is 5.32 Å². The fourth-order valence-corrected chi connectivity index (χ4v) is 4.25. The van der Waals surface area contributed by atoms with Crippen LogP contribution in [0.15, 0.2) is 24.3 Å². The number of hydrogen-bond donors (Lipinski definition) is 1. The van der Waals surface area contributed by atoms with Gasteiger partial charge in [-0.25, -0.2) is 4.79 Å². The Kier molecular flexibility index (Phi) is 4.58. The van der Waals surface area contributed by atoms with Gasteiger partial charge in [0, 0.05) is 16.0 Å². The Morgan fingerprint density at radius 3 is 2.64 bits per heavy atom. The number of nitrogens with one attached hydrogen (secondary N) is 1. The molecular formula is C19H25N3O2S. The lowest BCUT2D eigenvalue weighted by Crippen LogP contribution is -2.42. The van der Waals surface area contributed by atoms with Gasteiger partial charge >= 0.3 is 6.09 Å². The van der Waals surface area contributed by atoms with E-state index in [0.29, 0.717) is 5.92 Å². The van der Waals surface area contributed by atoms with Gasteiger partial charge in [-0.15, -0.1) is 5.10 Å². The van der Waals surface area contributed by atoms with Crippen LogP contribution in [-0.2, 0) is 10.2 Å². The zero-order valence-corrected chi connectivity index (χ0v) is 16.2. The fourth-order valence-electron chi connectivity index (χ4n) is 3.68. The molecule has 1 heterocycles. The maximum atomic E-state index is 12.1. The Bertz CT molecular complexity index is 773. The molecule has 6 heteroatoms. The number of carbonyl (C=O) groups excluding carboxylic acids is 1. The largest absolute Gasteiger partial charge is 0.444 e. The summed E-state index contributed by atoms with van der Waals surface area (Å²) in [5, 5.41) is 7.25. The maximum absolute atomic E-state index is 12.1. The Morgan fingerprint density at radius 1 is 1.36 bits per heavy atom. The predicted molar refractivity (Wildman–Crippen MR) is 100 cm³/mol. The molecular weight excluding hydrogens is 334 g/mol. The second-order valence-electron chi connectivity index (χ2n) is 7.98. The van der Waals surface area contributed by atoms with E-state index in [-0.39, 0.29) is 5.41 Å². The molecule has 3 rings (SSSR count). The molecule has 1 N–H and O–H groups in total. The smallest absolute Gasteiger partial charge is 0.412 e. The topological polar surface area (TPSA) is 64.1 Å². The molecule has 134 valence electrons. The third kappa shape index (κ3) is 3.68. The van der Waals surface area contributed by atoms with Crippen LogP contribution in [0.25, 0.3) is 0 Å². The lowest BCUT2D eigenvalue weighted by Gasteiger charge is -2.46. The minimum Gasteiger partial charge on any atom is -0.444 e. The van der Waals surface area contributed by atoms with Crippen LogP contribution in [0.2, 0.25) is 0 Å². The van der Waals surface area contributed by atoms with Crippen molar-refractivity contribution in [3.63, 3.8) is 0 Å². The highest BCUT2D eigenvalue weighted by molar-refractivity contribution is 7.05. The van der Waals surface area contributed by atoms with Gasteiger partial charge < -0.3 is 4.74 Å². The Hall–Kier alpha value is -1.95. The van der Waals surface area contributed by atoms with Crippen molar-refractivity contribution in [1.29, 1.82) is 0 Å². The second-order valence-corrected chi connectivity index (χ2v) is 8.94. The fraction of sp³-hybridized carbons (Fsp3) is 0.526. The number of hydrogen-bond acceptors (Lipinski definition) is 5. The number of aromatic nitrogens is 2. The van der Waals surface area contributed by atoms with Crippen LogP contribution in [0.3, 0.4) is 0 Å². The van der Waals surface area contributed by atoms with Crippen molar-refractivity contribution in [2.24, 2.45) is 5.92 Å². The molecule has 0 unspecified atom stereocenters. The van der Waals surface area contributed by atoms with Gasteiger partial charge in [-0.05, 0) is 75.7 Å². The Morgan fingerprint density at radius 2 is 2.08 bits per heavy atom. The minimum atomic E-state index is -0.518. The maximum Gasteiger partial charge on any atom is 0.412 e. The summed E-state index contributed by atoms with van der Waals surface area (Å²) in [7, 11) is 0. The number of anilines is 1. The quantitative estimate of drug-likeness (QED) is 0.846. The van der Waals surface area contributed by atoms with Crippen molar-refractivity contribution < 1.29 is 9.53 Å². The molecule has 0 atom stereocenters. The van der Waals surface area contributed by atoms with Crippen LogP contribution < -0.4 is 5.32 Å². The predicted octanol–water partition coefficient (Wildman–Crippen LogP) is 4.91. The van der Waals surface area contributed by atoms with Crippen molar-refractivity contribution in [1.82, 2.24) is 9.59 Å². The number of aryl methyl sites for hydroxylation is 1. The molecule has 5 nitrogen and oxygen atoms in total. The monoisotopic (exact) mass is 359 g/mol. The van der Waals surface area contributed by atoms with Crippen LogP contribution in [0.5, 0.6) is 0 Å². The van der Waals surface area contributed by atoms with Gasteiger partial charge in [0.25, 0.3) is 0 Å². The molecule has 1 aromatic heterocycles. The normalized spacial score (nSPS) is 23.0. The molecule has 0 radical (unpaired) electrons. The SMILES string of the molecule is Cc1snnc1C1(c2cccc(NC(=O)OC(C)(C)C)c2)CC(C)C1. The Labute approximate surface area is 153 Å². The number of ether oxygens (including phenoxy) is 1. The highest BCUT2D eigenvalue weighted by Crippen LogP contribution is 2.53. The highest BCUT2D eigenvalue weighted by atomic mass is 32.1. The number of rotatable bonds is 3. The van der Waals surface area contributed by atoms with Crippen molar-refractivity contribution in [2.45, 2.75) is 58.5 Å². The van der Waals surface area contributed by atoms with Gasteiger partial charge in [0.2, 0.25) is 0 Å². The summed E-state index contributed by atoms with van der Waals surface area (Å²) >= 11 is 1.45. The van der Waals surface area contributed by atoms with E-state index in [0.717, 1.165) is 29.1 Å². The third-order valence-corrected chi connectivity index (χ3v) is 5.19. The Balaban J connectivity index is 1.87. The van der Waals surface area contributed by atoms with Crippen LogP contribution in [0.4, 0.5) is 10.5 Å². The minimum absolute atomic E-state index is 0.0951. The first kappa shape index (κ1) is 17.9. The van der Waals surface area contributed by atoms with E-state index in [2.05, 4.69) is 34.8 Å². The van der Waals surface area contributed by atoms with Gasteiger partial charge in [0.15, 0.2) is 0 Å². The first-order valence-corrected chi connectivity index (χ1v) is 9.37. The van der Waals surface area contributed by atoms with Gasteiger partial charge in [-0.1, -0.05) is 23.5 Å². The number of amides is 1. The number of carbonyl (C=O) groups is 1. The highest BCUT2D eigenvalue weighted by Gasteiger charge is 2.47. The lowest BCUT2D eigenvalue weighted by atomic mass is 9.57. The first-order valence-electron chi connectivity index (χ1n) is 8.59. The average Bonchev–Trinajstić information content (AvgIpc) is 2.88. The summed E-state index contributed by atoms with van der Waals surface area (Å²) in [5.41, 5.74) is 2.38. The number of benzene rings is 1. The van der Waals surface area contributed by atoms with E-state index >= 15 is 0 Å². The molecule has 1 fully saturated rings. The third-order valence-electron chi connectivity index (χ3n) is 4.56. The van der Waals surface area contributed by atoms with Gasteiger partial charge in [-0.2, -0.15) is 0 Å². The van der Waals surface area contributed by atoms with Gasteiger partial charge in [0.05, 0.1) is 5.69 Å². The summed E-state index contributed by atoms with van der Waals surface area (Å²) in [6.07, 6.45) is 1.66. The summed E-state index contributed by atoms with van der Waals surface area (Å²) in [6, 6.07) is 8.01. The van der Waals surface area contributed by atoms with Gasteiger partial charge in [0.1, 0.15) is 5.60 Å². The van der Waals surface area contributed by atoms with Crippen LogP contribution in [0, 0.1) is 12.8 Å². The molecule has 0 saturated heterocycles. The summed E-state index contributed by atoms with van der Waals surface area (Å²) in [5.74, 6) is 0.656. The van der Waals surface area contributed by atoms with E-state index in [1.54, 1.807) is 0 Å². The molecule has 1 aliphatic carbocycles. The van der Waals surface area contributed by atoms with E-state index in [9.17, 15) is 4.79 Å². The van der Waals surface area contributed by atoms with E-state index in [1.807, 2.05) is 39.0 Å². The van der Waals surface area contributed by atoms with Crippen LogP contribution >= 0.6 is 11.5 Å². The zero-order chi connectivity index (χ0) is 18.2. The zero-order valence-electron chi connectivity index (χ0n) is 15.4. The first-order chi connectivity index (χ1) is 11.7. The second kappa shape index (κ2) is 6.41. The molecule has 1 amide bonds. The lowest BCUT2D eigenvalue weighted by molar-refractivity contribution is 0.0636. The molecule has 1 saturated carbocycles. The summed E-state index contributed by atoms with van der Waals surface area (Å²) in [6.45, 7) is 9.90. The van der Waals surface area contributed by atoms with Crippen LogP contribution in [0.1, 0.15) is 56.7 Å². The van der Waals surface area contributed by atoms with E-state index in [1.165, 1.54) is 17.1 Å². The standard InChI is InChI=1S/C19H25N3O2S/c1-12-10-19(11-12,16-13(2)25-22-21-16)14-7-6-8-15(9-14)20-17(23)24-18(3,4)5/h6-9,12H,10-11H2,1-5H3,(H,20,23). The molecule has 1 aliphatic rings. The molecule has 25 heavy (non-hydrogen) atoms. The molecule has 1 aromatic carbocycles. The molecule has 0 aliphatic heterocycles.